The highest BCUT2D eigenvalue weighted by molar-refractivity contribution is 7.97. The van der Waals surface area contributed by atoms with E-state index >= 15 is 0 Å². The maximum Gasteiger partial charge on any atom is 0.352 e. The fourth-order valence-electron chi connectivity index (χ4n) is 4.89. The zero-order chi connectivity index (χ0) is 20.4. The van der Waals surface area contributed by atoms with Crippen molar-refractivity contribution in [3.8, 4) is 0 Å². The predicted molar refractivity (Wildman–Crippen MR) is 99.1 cm³/mol. The van der Waals surface area contributed by atoms with Crippen LogP contribution < -0.4 is 0 Å². The highest BCUT2D eigenvalue weighted by atomic mass is 32.2. The van der Waals surface area contributed by atoms with E-state index in [0.717, 1.165) is 30.6 Å². The summed E-state index contributed by atoms with van der Waals surface area (Å²) < 4.78 is 33.0. The molecule has 2 atom stereocenters. The lowest BCUT2D eigenvalue weighted by molar-refractivity contribution is -0.186. The molecule has 0 aromatic heterocycles. The third-order valence-corrected chi connectivity index (χ3v) is 8.93. The molecule has 1 N–H and O–H groups in total. The van der Waals surface area contributed by atoms with Gasteiger partial charge in [-0.2, -0.15) is 0 Å². The van der Waals surface area contributed by atoms with Crippen LogP contribution in [-0.2, 0) is 24.2 Å². The zero-order valence-corrected chi connectivity index (χ0v) is 17.2. The summed E-state index contributed by atoms with van der Waals surface area (Å²) in [4.78, 5) is 23.9. The predicted octanol–water partition coefficient (Wildman–Crippen LogP) is 2.45. The molecule has 3 aliphatic rings. The van der Waals surface area contributed by atoms with E-state index in [2.05, 4.69) is 0 Å². The van der Waals surface area contributed by atoms with Crippen LogP contribution in [-0.4, -0.2) is 48.4 Å². The Balaban J connectivity index is 2.37. The van der Waals surface area contributed by atoms with E-state index in [-0.39, 0.29) is 22.1 Å². The summed E-state index contributed by atoms with van der Waals surface area (Å²) in [7, 11) is -2.77. The SMILES string of the molecule is CO[C@H]1C(=O)N2C(C(=O)O)=C(C)/C(=C/C3CCCC3)S(=O)(=O)[C@]12C(C)(C)C. The van der Waals surface area contributed by atoms with Crippen molar-refractivity contribution >= 4 is 21.7 Å². The number of carbonyl (C=O) groups is 2. The summed E-state index contributed by atoms with van der Waals surface area (Å²) in [6.45, 7) is 6.57. The molecule has 7 nitrogen and oxygen atoms in total. The van der Waals surface area contributed by atoms with Gasteiger partial charge in [0.2, 0.25) is 9.84 Å². The monoisotopic (exact) mass is 397 g/mol. The molecule has 2 heterocycles. The highest BCUT2D eigenvalue weighted by Crippen LogP contribution is 2.58. The molecule has 150 valence electrons. The maximum absolute atomic E-state index is 13.9. The van der Waals surface area contributed by atoms with Crippen LogP contribution in [0.3, 0.4) is 0 Å². The number of sulfone groups is 1. The molecule has 2 fully saturated rings. The number of amides is 1. The number of allylic oxidation sites excluding steroid dienone is 2. The second-order valence-electron chi connectivity index (χ2n) is 8.59. The molecule has 3 rings (SSSR count). The van der Waals surface area contributed by atoms with E-state index in [9.17, 15) is 23.1 Å². The van der Waals surface area contributed by atoms with E-state index in [1.807, 2.05) is 0 Å². The minimum Gasteiger partial charge on any atom is -0.477 e. The number of carbonyl (C=O) groups excluding carboxylic acids is 1. The van der Waals surface area contributed by atoms with Crippen LogP contribution in [0.1, 0.15) is 53.4 Å². The number of ether oxygens (including phenoxy) is 1. The quantitative estimate of drug-likeness (QED) is 0.734. The molecule has 0 aromatic rings. The van der Waals surface area contributed by atoms with E-state index < -0.39 is 38.1 Å². The number of fused-ring (bicyclic) bond motifs is 1. The number of β-lactam (4-membered cyclic amide) rings is 1. The van der Waals surface area contributed by atoms with Crippen LogP contribution in [0.15, 0.2) is 22.3 Å². The van der Waals surface area contributed by atoms with Crippen molar-refractivity contribution in [1.82, 2.24) is 4.90 Å². The first-order valence-corrected chi connectivity index (χ1v) is 10.7. The van der Waals surface area contributed by atoms with Gasteiger partial charge >= 0.3 is 5.97 Å². The Bertz CT molecular complexity index is 857. The molecular formula is C19H27NO6S. The van der Waals surface area contributed by atoms with Crippen LogP contribution in [0.25, 0.3) is 0 Å². The molecule has 1 saturated heterocycles. The molecule has 0 spiro atoms. The molecule has 2 aliphatic heterocycles. The van der Waals surface area contributed by atoms with Gasteiger partial charge in [-0.3, -0.25) is 9.69 Å². The standard InChI is InChI=1S/C19H27NO6S/c1-11-13(10-12-8-6-7-9-12)27(24,25)19(18(2,3)4)15(26-5)16(21)20(19)14(11)17(22)23/h10,12,15H,6-9H2,1-5H3,(H,22,23)/b13-10-/t15-,19-/m0/s1. The second kappa shape index (κ2) is 6.17. The van der Waals surface area contributed by atoms with Crippen molar-refractivity contribution < 1.29 is 27.9 Å². The second-order valence-corrected chi connectivity index (χ2v) is 10.7. The molecule has 1 amide bonds. The third-order valence-electron chi connectivity index (χ3n) is 6.08. The van der Waals surface area contributed by atoms with Crippen LogP contribution in [0, 0.1) is 11.3 Å². The highest BCUT2D eigenvalue weighted by Gasteiger charge is 2.77. The van der Waals surface area contributed by atoms with Crippen LogP contribution in [0.5, 0.6) is 0 Å². The van der Waals surface area contributed by atoms with E-state index in [1.165, 1.54) is 14.0 Å². The molecule has 1 aliphatic carbocycles. The van der Waals surface area contributed by atoms with Gasteiger partial charge in [0.25, 0.3) is 5.91 Å². The summed E-state index contributed by atoms with van der Waals surface area (Å²) in [5.41, 5.74) is -1.10. The first kappa shape index (κ1) is 20.1. The van der Waals surface area contributed by atoms with Crippen molar-refractivity contribution in [1.29, 1.82) is 0 Å². The van der Waals surface area contributed by atoms with Crippen molar-refractivity contribution in [3.63, 3.8) is 0 Å². The average Bonchev–Trinajstić information content (AvgIpc) is 3.04. The maximum atomic E-state index is 13.9. The number of carboxylic acid groups (broad SMARTS) is 1. The minimum atomic E-state index is -4.06. The molecule has 0 bridgehead atoms. The third kappa shape index (κ3) is 2.38. The number of hydrogen-bond donors (Lipinski definition) is 1. The first-order valence-electron chi connectivity index (χ1n) is 9.20. The van der Waals surface area contributed by atoms with Gasteiger partial charge in [-0.25, -0.2) is 13.2 Å². The van der Waals surface area contributed by atoms with Crippen molar-refractivity contribution in [3.05, 3.63) is 22.3 Å². The molecule has 0 aromatic carbocycles. The molecule has 0 unspecified atom stereocenters. The van der Waals surface area contributed by atoms with Crippen LogP contribution in [0.2, 0.25) is 0 Å². The fourth-order valence-corrected chi connectivity index (χ4v) is 7.80. The van der Waals surface area contributed by atoms with Gasteiger partial charge in [-0.15, -0.1) is 0 Å². The van der Waals surface area contributed by atoms with Gasteiger partial charge in [-0.1, -0.05) is 39.7 Å². The Labute approximate surface area is 160 Å². The number of carboxylic acids is 1. The van der Waals surface area contributed by atoms with Gasteiger partial charge in [0.1, 0.15) is 5.70 Å². The number of hydrogen-bond acceptors (Lipinski definition) is 5. The molecule has 8 heteroatoms. The largest absolute Gasteiger partial charge is 0.477 e. The number of aliphatic carboxylic acids is 1. The summed E-state index contributed by atoms with van der Waals surface area (Å²) in [5.74, 6) is -1.84. The van der Waals surface area contributed by atoms with Crippen molar-refractivity contribution in [2.75, 3.05) is 7.11 Å². The summed E-state index contributed by atoms with van der Waals surface area (Å²) >= 11 is 0. The lowest BCUT2D eigenvalue weighted by atomic mass is 9.74. The number of methoxy groups -OCH3 is 1. The molecular weight excluding hydrogens is 370 g/mol. The van der Waals surface area contributed by atoms with E-state index in [1.54, 1.807) is 26.8 Å². The topological polar surface area (TPSA) is 101 Å². The van der Waals surface area contributed by atoms with E-state index in [4.69, 9.17) is 4.74 Å². The number of rotatable bonds is 3. The van der Waals surface area contributed by atoms with Crippen LogP contribution in [0.4, 0.5) is 0 Å². The minimum absolute atomic E-state index is 0.0347. The summed E-state index contributed by atoms with van der Waals surface area (Å²) in [5, 5.41) is 9.82. The van der Waals surface area contributed by atoms with Crippen LogP contribution >= 0.6 is 0 Å². The zero-order valence-electron chi connectivity index (χ0n) is 16.4. The average molecular weight is 397 g/mol. The van der Waals surface area contributed by atoms with Crippen molar-refractivity contribution in [2.45, 2.75) is 64.4 Å². The fraction of sp³-hybridized carbons (Fsp3) is 0.684. The normalized spacial score (nSPS) is 32.6. The van der Waals surface area contributed by atoms with E-state index in [0.29, 0.717) is 0 Å². The molecule has 1 saturated carbocycles. The van der Waals surface area contributed by atoms with Gasteiger partial charge in [0.05, 0.1) is 4.91 Å². The van der Waals surface area contributed by atoms with Gasteiger partial charge in [0, 0.05) is 12.5 Å². The lowest BCUT2D eigenvalue weighted by Crippen LogP contribution is -2.83. The lowest BCUT2D eigenvalue weighted by Gasteiger charge is -2.63. The Morgan fingerprint density at radius 1 is 1.30 bits per heavy atom. The van der Waals surface area contributed by atoms with Gasteiger partial charge < -0.3 is 9.84 Å². The van der Waals surface area contributed by atoms with Gasteiger partial charge in [0.15, 0.2) is 11.0 Å². The Hall–Kier alpha value is -1.67. The molecule has 27 heavy (non-hydrogen) atoms. The first-order chi connectivity index (χ1) is 12.4. The summed E-state index contributed by atoms with van der Waals surface area (Å²) in [6.07, 6.45) is 4.29. The summed E-state index contributed by atoms with van der Waals surface area (Å²) in [6, 6.07) is 0. The van der Waals surface area contributed by atoms with Crippen molar-refractivity contribution in [2.24, 2.45) is 11.3 Å². The Kier molecular flexibility index (Phi) is 4.59. The molecule has 0 radical (unpaired) electrons. The number of nitrogens with zero attached hydrogens (tertiary/aromatic N) is 1. The van der Waals surface area contributed by atoms with Gasteiger partial charge in [-0.05, 0) is 31.3 Å². The smallest absolute Gasteiger partial charge is 0.352 e. The Morgan fingerprint density at radius 3 is 2.30 bits per heavy atom. The Morgan fingerprint density at radius 2 is 1.85 bits per heavy atom.